The van der Waals surface area contributed by atoms with E-state index in [0.29, 0.717) is 0 Å². The van der Waals surface area contributed by atoms with Gasteiger partial charge in [0.2, 0.25) is 0 Å². The van der Waals surface area contributed by atoms with Crippen molar-refractivity contribution >= 4 is 64.6 Å². The molecule has 0 bridgehead atoms. The first kappa shape index (κ1) is 23.3. The maximum atomic E-state index is 2.41. The van der Waals surface area contributed by atoms with E-state index < -0.39 is 0 Å². The third kappa shape index (κ3) is 3.42. The number of benzene rings is 9. The molecule has 0 atom stereocenters. The van der Waals surface area contributed by atoms with Crippen LogP contribution in [-0.2, 0) is 0 Å². The molecule has 0 radical (unpaired) electrons. The summed E-state index contributed by atoms with van der Waals surface area (Å²) in [6.07, 6.45) is 0. The number of hydrogen-bond donors (Lipinski definition) is 0. The topological polar surface area (TPSA) is 0 Å². The molecule has 0 saturated heterocycles. The largest absolute Gasteiger partial charge is 0.0616 e. The van der Waals surface area contributed by atoms with Gasteiger partial charge in [-0.15, -0.1) is 0 Å². The molecule has 0 spiro atoms. The second-order valence-corrected chi connectivity index (χ2v) is 11.3. The summed E-state index contributed by atoms with van der Waals surface area (Å²) >= 11 is 0. The Kier molecular flexibility index (Phi) is 5.00. The molecule has 0 aliphatic rings. The van der Waals surface area contributed by atoms with Crippen molar-refractivity contribution < 1.29 is 0 Å². The highest BCUT2D eigenvalue weighted by Crippen LogP contribution is 2.46. The van der Waals surface area contributed by atoms with Crippen molar-refractivity contribution in [3.63, 3.8) is 0 Å². The average molecular weight is 531 g/mol. The maximum Gasteiger partial charge on any atom is -0.00201 e. The Labute approximate surface area is 244 Å². The number of rotatable bonds is 2. The van der Waals surface area contributed by atoms with Crippen molar-refractivity contribution in [3.05, 3.63) is 158 Å². The van der Waals surface area contributed by atoms with Gasteiger partial charge in [0.15, 0.2) is 0 Å². The Hall–Kier alpha value is -5.46. The predicted octanol–water partition coefficient (Wildman–Crippen LogP) is 11.9. The lowest BCUT2D eigenvalue weighted by molar-refractivity contribution is 1.69. The van der Waals surface area contributed by atoms with E-state index >= 15 is 0 Å². The quantitative estimate of drug-likeness (QED) is 0.154. The van der Waals surface area contributed by atoms with E-state index in [-0.39, 0.29) is 0 Å². The third-order valence-electron chi connectivity index (χ3n) is 8.98. The highest BCUT2D eigenvalue weighted by atomic mass is 14.2. The van der Waals surface area contributed by atoms with Gasteiger partial charge in [0.1, 0.15) is 0 Å². The summed E-state index contributed by atoms with van der Waals surface area (Å²) in [4.78, 5) is 0. The van der Waals surface area contributed by atoms with Gasteiger partial charge in [0.05, 0.1) is 0 Å². The first-order chi connectivity index (χ1) is 20.8. The molecule has 9 rings (SSSR count). The van der Waals surface area contributed by atoms with E-state index in [2.05, 4.69) is 158 Å². The summed E-state index contributed by atoms with van der Waals surface area (Å²) in [6, 6.07) is 58.2. The second-order valence-electron chi connectivity index (χ2n) is 11.3. The summed E-state index contributed by atoms with van der Waals surface area (Å²) in [6.45, 7) is 0. The smallest absolute Gasteiger partial charge is 0.00201 e. The molecular weight excluding hydrogens is 504 g/mol. The Bertz CT molecular complexity index is 2450. The zero-order valence-electron chi connectivity index (χ0n) is 23.0. The fraction of sp³-hybridized carbons (Fsp3) is 0. The molecule has 0 aliphatic carbocycles. The highest BCUT2D eigenvalue weighted by molar-refractivity contribution is 6.24. The van der Waals surface area contributed by atoms with Gasteiger partial charge in [0.25, 0.3) is 0 Å². The van der Waals surface area contributed by atoms with Gasteiger partial charge in [-0.1, -0.05) is 140 Å². The molecular formula is C42H26. The zero-order chi connectivity index (χ0) is 27.6. The summed E-state index contributed by atoms with van der Waals surface area (Å²) in [5.41, 5.74) is 5.13. The van der Waals surface area contributed by atoms with Gasteiger partial charge in [-0.25, -0.2) is 0 Å². The van der Waals surface area contributed by atoms with E-state index in [4.69, 9.17) is 0 Å². The Balaban J connectivity index is 1.40. The molecule has 0 amide bonds. The van der Waals surface area contributed by atoms with Crippen molar-refractivity contribution in [2.24, 2.45) is 0 Å². The lowest BCUT2D eigenvalue weighted by Crippen LogP contribution is -1.91. The summed E-state index contributed by atoms with van der Waals surface area (Å²) < 4.78 is 0. The molecule has 0 heteroatoms. The van der Waals surface area contributed by atoms with Gasteiger partial charge in [-0.3, -0.25) is 0 Å². The standard InChI is InChI=1S/C42H26/c1-2-12-30-25-40-31(24-29(30)11-1)22-20-28-21-23-32(26-39(28)40)41-35-15-5-7-17-37(35)42(38-18-8-6-16-36(38)41)34-19-9-13-27-10-3-4-14-33(27)34/h1-26H. The summed E-state index contributed by atoms with van der Waals surface area (Å²) in [5.74, 6) is 0. The van der Waals surface area contributed by atoms with Crippen LogP contribution in [0.4, 0.5) is 0 Å². The Morgan fingerprint density at radius 3 is 1.43 bits per heavy atom. The van der Waals surface area contributed by atoms with Gasteiger partial charge >= 0.3 is 0 Å². The van der Waals surface area contributed by atoms with Crippen LogP contribution < -0.4 is 0 Å². The summed E-state index contributed by atoms with van der Waals surface area (Å²) in [7, 11) is 0. The lowest BCUT2D eigenvalue weighted by Gasteiger charge is -2.19. The van der Waals surface area contributed by atoms with Crippen LogP contribution in [0.2, 0.25) is 0 Å². The van der Waals surface area contributed by atoms with E-state index in [0.717, 1.165) is 0 Å². The van der Waals surface area contributed by atoms with Crippen LogP contribution in [0.25, 0.3) is 86.9 Å². The molecule has 9 aromatic carbocycles. The van der Waals surface area contributed by atoms with Crippen LogP contribution in [0.5, 0.6) is 0 Å². The van der Waals surface area contributed by atoms with Crippen LogP contribution in [0, 0.1) is 0 Å². The maximum absolute atomic E-state index is 2.41. The SMILES string of the molecule is c1ccc2cc3c(ccc4ccc(-c5c6ccccc6c(-c6cccc7ccccc67)c6ccccc56)cc43)cc2c1. The van der Waals surface area contributed by atoms with E-state index in [9.17, 15) is 0 Å². The summed E-state index contributed by atoms with van der Waals surface area (Å²) in [5, 5.41) is 15.4. The minimum absolute atomic E-state index is 1.25. The number of hydrogen-bond acceptors (Lipinski definition) is 0. The molecule has 0 N–H and O–H groups in total. The predicted molar refractivity (Wildman–Crippen MR) is 182 cm³/mol. The van der Waals surface area contributed by atoms with Crippen LogP contribution >= 0.6 is 0 Å². The first-order valence-corrected chi connectivity index (χ1v) is 14.6. The molecule has 194 valence electrons. The van der Waals surface area contributed by atoms with Crippen molar-refractivity contribution in [1.29, 1.82) is 0 Å². The molecule has 0 saturated carbocycles. The van der Waals surface area contributed by atoms with E-state index in [1.807, 2.05) is 0 Å². The lowest BCUT2D eigenvalue weighted by atomic mass is 9.84. The first-order valence-electron chi connectivity index (χ1n) is 14.6. The monoisotopic (exact) mass is 530 g/mol. The van der Waals surface area contributed by atoms with E-state index in [1.165, 1.54) is 86.9 Å². The zero-order valence-corrected chi connectivity index (χ0v) is 23.0. The van der Waals surface area contributed by atoms with Crippen molar-refractivity contribution in [2.45, 2.75) is 0 Å². The molecule has 0 unspecified atom stereocenters. The fourth-order valence-corrected chi connectivity index (χ4v) is 7.07. The molecule has 0 heterocycles. The van der Waals surface area contributed by atoms with Crippen molar-refractivity contribution in [1.82, 2.24) is 0 Å². The fourth-order valence-electron chi connectivity index (χ4n) is 7.07. The van der Waals surface area contributed by atoms with Crippen molar-refractivity contribution in [2.75, 3.05) is 0 Å². The number of fused-ring (bicyclic) bond motifs is 7. The van der Waals surface area contributed by atoms with Crippen LogP contribution in [0.3, 0.4) is 0 Å². The van der Waals surface area contributed by atoms with Gasteiger partial charge in [-0.05, 0) is 105 Å². The molecule has 0 aromatic heterocycles. The second kappa shape index (κ2) is 9.03. The Morgan fingerprint density at radius 2 is 0.714 bits per heavy atom. The van der Waals surface area contributed by atoms with Crippen molar-refractivity contribution in [3.8, 4) is 22.3 Å². The van der Waals surface area contributed by atoms with Gasteiger partial charge < -0.3 is 0 Å². The molecule has 42 heavy (non-hydrogen) atoms. The third-order valence-corrected chi connectivity index (χ3v) is 8.98. The molecule has 0 aliphatic heterocycles. The highest BCUT2D eigenvalue weighted by Gasteiger charge is 2.18. The van der Waals surface area contributed by atoms with Crippen LogP contribution in [0.1, 0.15) is 0 Å². The van der Waals surface area contributed by atoms with Crippen LogP contribution in [0.15, 0.2) is 158 Å². The molecule has 9 aromatic rings. The minimum Gasteiger partial charge on any atom is -0.0616 e. The van der Waals surface area contributed by atoms with Gasteiger partial charge in [-0.2, -0.15) is 0 Å². The average Bonchev–Trinajstić information content (AvgIpc) is 3.06. The Morgan fingerprint density at radius 1 is 0.238 bits per heavy atom. The van der Waals surface area contributed by atoms with Gasteiger partial charge in [0, 0.05) is 0 Å². The normalized spacial score (nSPS) is 11.8. The molecule has 0 fully saturated rings. The minimum atomic E-state index is 1.25. The van der Waals surface area contributed by atoms with E-state index in [1.54, 1.807) is 0 Å². The van der Waals surface area contributed by atoms with Crippen LogP contribution in [-0.4, -0.2) is 0 Å². The molecule has 0 nitrogen and oxygen atoms in total.